The molecule has 2 aromatic carbocycles. The third-order valence-corrected chi connectivity index (χ3v) is 6.35. The SMILES string of the molecule is Cc1cccc(CCNC(=O)c2cccc(N3C(=O)C(C)CS3(=O)=O)c2)c1. The predicted molar refractivity (Wildman–Crippen MR) is 104 cm³/mol. The molecule has 1 unspecified atom stereocenters. The van der Waals surface area contributed by atoms with Gasteiger partial charge in [-0.2, -0.15) is 0 Å². The summed E-state index contributed by atoms with van der Waals surface area (Å²) >= 11 is 0. The van der Waals surface area contributed by atoms with Gasteiger partial charge in [0.05, 0.1) is 17.4 Å². The number of carbonyl (C=O) groups is 2. The van der Waals surface area contributed by atoms with Crippen LogP contribution in [0.25, 0.3) is 0 Å². The minimum Gasteiger partial charge on any atom is -0.352 e. The molecule has 1 aliphatic heterocycles. The molecular formula is C20H22N2O4S. The van der Waals surface area contributed by atoms with Crippen LogP contribution >= 0.6 is 0 Å². The quantitative estimate of drug-likeness (QED) is 0.855. The topological polar surface area (TPSA) is 83.6 Å². The van der Waals surface area contributed by atoms with Gasteiger partial charge in [-0.15, -0.1) is 0 Å². The monoisotopic (exact) mass is 386 g/mol. The fourth-order valence-corrected chi connectivity index (χ4v) is 4.96. The number of sulfonamides is 1. The third-order valence-electron chi connectivity index (χ3n) is 4.49. The van der Waals surface area contributed by atoms with E-state index in [1.54, 1.807) is 19.1 Å². The predicted octanol–water partition coefficient (Wildman–Crippen LogP) is 2.28. The number of benzene rings is 2. The molecule has 0 saturated carbocycles. The standard InChI is InChI=1S/C20H22N2O4S/c1-14-5-3-6-16(11-14)9-10-21-19(23)17-7-4-8-18(12-17)22-20(24)15(2)13-27(22,25)26/h3-8,11-12,15H,9-10,13H2,1-2H3,(H,21,23). The molecule has 1 saturated heterocycles. The Morgan fingerprint density at radius 3 is 2.59 bits per heavy atom. The van der Waals surface area contributed by atoms with Gasteiger partial charge in [-0.1, -0.05) is 42.8 Å². The lowest BCUT2D eigenvalue weighted by molar-refractivity contribution is -0.119. The molecule has 1 fully saturated rings. The number of carbonyl (C=O) groups excluding carboxylic acids is 2. The lowest BCUT2D eigenvalue weighted by Crippen LogP contribution is -2.31. The highest BCUT2D eigenvalue weighted by atomic mass is 32.2. The molecule has 3 rings (SSSR count). The normalized spacial score (nSPS) is 18.5. The van der Waals surface area contributed by atoms with Crippen LogP contribution in [-0.2, 0) is 21.2 Å². The Kier molecular flexibility index (Phi) is 5.32. The van der Waals surface area contributed by atoms with E-state index >= 15 is 0 Å². The van der Waals surface area contributed by atoms with E-state index in [1.165, 1.54) is 12.1 Å². The van der Waals surface area contributed by atoms with Crippen molar-refractivity contribution in [1.82, 2.24) is 5.32 Å². The number of amides is 2. The van der Waals surface area contributed by atoms with Crippen LogP contribution in [0, 0.1) is 12.8 Å². The van der Waals surface area contributed by atoms with Crippen LogP contribution in [0.5, 0.6) is 0 Å². The number of aryl methyl sites for hydroxylation is 1. The lowest BCUT2D eigenvalue weighted by Gasteiger charge is -2.16. The first kappa shape index (κ1) is 19.1. The van der Waals surface area contributed by atoms with Gasteiger partial charge in [0.15, 0.2) is 0 Å². The Morgan fingerprint density at radius 1 is 1.19 bits per heavy atom. The molecule has 27 heavy (non-hydrogen) atoms. The zero-order valence-corrected chi connectivity index (χ0v) is 16.1. The summed E-state index contributed by atoms with van der Waals surface area (Å²) in [6.45, 7) is 4.06. The minimum absolute atomic E-state index is 0.204. The van der Waals surface area contributed by atoms with Crippen molar-refractivity contribution >= 4 is 27.5 Å². The highest BCUT2D eigenvalue weighted by Crippen LogP contribution is 2.28. The van der Waals surface area contributed by atoms with Gasteiger partial charge in [0.2, 0.25) is 15.9 Å². The van der Waals surface area contributed by atoms with Crippen molar-refractivity contribution in [2.24, 2.45) is 5.92 Å². The average Bonchev–Trinajstić information content (AvgIpc) is 2.82. The number of hydrogen-bond donors (Lipinski definition) is 1. The maximum absolute atomic E-state index is 12.4. The largest absolute Gasteiger partial charge is 0.352 e. The van der Waals surface area contributed by atoms with Crippen LogP contribution in [0.15, 0.2) is 48.5 Å². The van der Waals surface area contributed by atoms with E-state index in [-0.39, 0.29) is 17.3 Å². The lowest BCUT2D eigenvalue weighted by atomic mass is 10.1. The summed E-state index contributed by atoms with van der Waals surface area (Å²) in [7, 11) is -3.69. The number of nitrogens with zero attached hydrogens (tertiary/aromatic N) is 1. The average molecular weight is 386 g/mol. The summed E-state index contributed by atoms with van der Waals surface area (Å²) in [5.74, 6) is -1.56. The van der Waals surface area contributed by atoms with Gasteiger partial charge in [-0.25, -0.2) is 12.7 Å². The Balaban J connectivity index is 1.70. The Morgan fingerprint density at radius 2 is 1.93 bits per heavy atom. The smallest absolute Gasteiger partial charge is 0.251 e. The van der Waals surface area contributed by atoms with Crippen LogP contribution in [0.2, 0.25) is 0 Å². The highest BCUT2D eigenvalue weighted by Gasteiger charge is 2.42. The van der Waals surface area contributed by atoms with E-state index in [1.807, 2.05) is 25.1 Å². The van der Waals surface area contributed by atoms with E-state index in [0.717, 1.165) is 15.4 Å². The Bertz CT molecular complexity index is 985. The number of hydrogen-bond acceptors (Lipinski definition) is 4. The first-order chi connectivity index (χ1) is 12.8. The second-order valence-corrected chi connectivity index (χ2v) is 8.69. The summed E-state index contributed by atoms with van der Waals surface area (Å²) < 4.78 is 25.3. The maximum Gasteiger partial charge on any atom is 0.251 e. The van der Waals surface area contributed by atoms with Crippen molar-refractivity contribution in [3.8, 4) is 0 Å². The summed E-state index contributed by atoms with van der Waals surface area (Å²) in [6, 6.07) is 14.2. The summed E-state index contributed by atoms with van der Waals surface area (Å²) in [5.41, 5.74) is 2.82. The molecule has 0 aliphatic carbocycles. The molecule has 1 atom stereocenters. The number of rotatable bonds is 5. The van der Waals surface area contributed by atoms with E-state index < -0.39 is 21.8 Å². The van der Waals surface area contributed by atoms with Gasteiger partial charge in [0, 0.05) is 12.1 Å². The fraction of sp³-hybridized carbons (Fsp3) is 0.300. The van der Waals surface area contributed by atoms with Gasteiger partial charge >= 0.3 is 0 Å². The van der Waals surface area contributed by atoms with Gasteiger partial charge in [0.25, 0.3) is 5.91 Å². The molecule has 0 aromatic heterocycles. The van der Waals surface area contributed by atoms with E-state index in [2.05, 4.69) is 11.4 Å². The highest BCUT2D eigenvalue weighted by molar-refractivity contribution is 7.94. The van der Waals surface area contributed by atoms with E-state index in [9.17, 15) is 18.0 Å². The van der Waals surface area contributed by atoms with Crippen LogP contribution in [0.3, 0.4) is 0 Å². The molecule has 1 N–H and O–H groups in total. The molecule has 1 heterocycles. The molecule has 1 aliphatic rings. The minimum atomic E-state index is -3.69. The molecule has 6 nitrogen and oxygen atoms in total. The molecule has 0 bridgehead atoms. The first-order valence-electron chi connectivity index (χ1n) is 8.78. The molecule has 2 amide bonds. The summed E-state index contributed by atoms with van der Waals surface area (Å²) in [4.78, 5) is 24.6. The van der Waals surface area contributed by atoms with Crippen molar-refractivity contribution < 1.29 is 18.0 Å². The van der Waals surface area contributed by atoms with Gasteiger partial charge < -0.3 is 5.32 Å². The first-order valence-corrected chi connectivity index (χ1v) is 10.4. The van der Waals surface area contributed by atoms with Crippen molar-refractivity contribution in [2.75, 3.05) is 16.6 Å². The molecule has 7 heteroatoms. The van der Waals surface area contributed by atoms with Gasteiger partial charge in [0.1, 0.15) is 0 Å². The van der Waals surface area contributed by atoms with Crippen molar-refractivity contribution in [1.29, 1.82) is 0 Å². The van der Waals surface area contributed by atoms with Crippen LogP contribution in [0.4, 0.5) is 5.69 Å². The number of nitrogens with one attached hydrogen (secondary N) is 1. The van der Waals surface area contributed by atoms with E-state index in [0.29, 0.717) is 18.5 Å². The zero-order valence-electron chi connectivity index (χ0n) is 15.3. The summed E-state index contributed by atoms with van der Waals surface area (Å²) in [5, 5.41) is 2.83. The van der Waals surface area contributed by atoms with Crippen molar-refractivity contribution in [2.45, 2.75) is 20.3 Å². The van der Waals surface area contributed by atoms with Gasteiger partial charge in [-0.3, -0.25) is 9.59 Å². The third kappa shape index (κ3) is 4.19. The Labute approximate surface area is 159 Å². The molecule has 0 spiro atoms. The zero-order chi connectivity index (χ0) is 19.6. The number of anilines is 1. The summed E-state index contributed by atoms with van der Waals surface area (Å²) in [6.07, 6.45) is 0.698. The van der Waals surface area contributed by atoms with Crippen LogP contribution in [-0.4, -0.2) is 32.5 Å². The Hall–Kier alpha value is -2.67. The second-order valence-electron chi connectivity index (χ2n) is 6.83. The van der Waals surface area contributed by atoms with Crippen LogP contribution in [0.1, 0.15) is 28.4 Å². The molecule has 142 valence electrons. The van der Waals surface area contributed by atoms with Crippen molar-refractivity contribution in [3.63, 3.8) is 0 Å². The fourth-order valence-electron chi connectivity index (χ4n) is 3.15. The molecular weight excluding hydrogens is 364 g/mol. The molecule has 0 radical (unpaired) electrons. The van der Waals surface area contributed by atoms with E-state index in [4.69, 9.17) is 0 Å². The molecule has 2 aromatic rings. The van der Waals surface area contributed by atoms with Crippen molar-refractivity contribution in [3.05, 3.63) is 65.2 Å². The van der Waals surface area contributed by atoms with Gasteiger partial charge in [-0.05, 0) is 37.1 Å². The maximum atomic E-state index is 12.4. The second kappa shape index (κ2) is 7.52. The van der Waals surface area contributed by atoms with Crippen LogP contribution < -0.4 is 9.62 Å².